The molecule has 8 heteroatoms. The van der Waals surface area contributed by atoms with Crippen molar-refractivity contribution in [3.05, 3.63) is 71.4 Å². The molecule has 1 amide bonds. The van der Waals surface area contributed by atoms with E-state index in [1.54, 1.807) is 28.8 Å². The average molecular weight is 388 g/mol. The van der Waals surface area contributed by atoms with Gasteiger partial charge in [-0.1, -0.05) is 29.8 Å². The third kappa shape index (κ3) is 4.32. The van der Waals surface area contributed by atoms with Crippen molar-refractivity contribution < 1.29 is 18.7 Å². The van der Waals surface area contributed by atoms with Crippen LogP contribution in [0, 0.1) is 5.82 Å². The van der Waals surface area contributed by atoms with Gasteiger partial charge in [0.2, 0.25) is 0 Å². The lowest BCUT2D eigenvalue weighted by atomic mass is 10.3. The number of anilines is 1. The second kappa shape index (κ2) is 8.01. The summed E-state index contributed by atoms with van der Waals surface area (Å²) in [5, 5.41) is 2.60. The van der Waals surface area contributed by atoms with Crippen LogP contribution in [0.4, 0.5) is 10.1 Å². The lowest BCUT2D eigenvalue weighted by Gasteiger charge is -2.12. The van der Waals surface area contributed by atoms with Gasteiger partial charge >= 0.3 is 5.97 Å². The first kappa shape index (κ1) is 18.6. The molecule has 0 aliphatic heterocycles. The van der Waals surface area contributed by atoms with Crippen LogP contribution in [0.25, 0.3) is 11.7 Å². The van der Waals surface area contributed by atoms with E-state index in [-0.39, 0.29) is 10.8 Å². The highest BCUT2D eigenvalue weighted by Gasteiger charge is 2.18. The van der Waals surface area contributed by atoms with E-state index >= 15 is 0 Å². The average Bonchev–Trinajstić information content (AvgIpc) is 2.97. The maximum Gasteiger partial charge on any atom is 0.331 e. The first-order valence-corrected chi connectivity index (χ1v) is 8.40. The molecule has 0 bridgehead atoms. The number of imidazole rings is 1. The summed E-state index contributed by atoms with van der Waals surface area (Å²) < 4.78 is 20.3. The molecule has 0 aliphatic carbocycles. The fourth-order valence-corrected chi connectivity index (χ4v) is 2.59. The Morgan fingerprint density at radius 2 is 2.00 bits per heavy atom. The minimum Gasteiger partial charge on any atom is -0.449 e. The van der Waals surface area contributed by atoms with Gasteiger partial charge in [0.1, 0.15) is 11.5 Å². The third-order valence-corrected chi connectivity index (χ3v) is 3.97. The van der Waals surface area contributed by atoms with Crippen LogP contribution >= 0.6 is 11.6 Å². The quantitative estimate of drug-likeness (QED) is 0.535. The van der Waals surface area contributed by atoms with E-state index in [2.05, 4.69) is 10.3 Å². The zero-order valence-electron chi connectivity index (χ0n) is 14.2. The molecule has 0 saturated heterocycles. The molecule has 1 N–H and O–H groups in total. The van der Waals surface area contributed by atoms with Crippen LogP contribution in [-0.2, 0) is 14.3 Å². The summed E-state index contributed by atoms with van der Waals surface area (Å²) in [6.07, 6.45) is 3.24. The van der Waals surface area contributed by atoms with Crippen molar-refractivity contribution in [2.75, 3.05) is 5.32 Å². The normalized spacial score (nSPS) is 12.3. The monoisotopic (exact) mass is 387 g/mol. The number of amides is 1. The molecule has 3 rings (SSSR count). The molecule has 1 atom stereocenters. The van der Waals surface area contributed by atoms with E-state index in [1.807, 2.05) is 6.07 Å². The van der Waals surface area contributed by atoms with E-state index < -0.39 is 23.8 Å². The zero-order chi connectivity index (χ0) is 19.4. The number of rotatable bonds is 5. The van der Waals surface area contributed by atoms with Crippen LogP contribution in [-0.4, -0.2) is 27.4 Å². The van der Waals surface area contributed by atoms with Crippen molar-refractivity contribution in [2.24, 2.45) is 0 Å². The Labute approximate surface area is 159 Å². The van der Waals surface area contributed by atoms with Crippen LogP contribution in [0.15, 0.2) is 54.7 Å². The topological polar surface area (TPSA) is 72.7 Å². The maximum atomic E-state index is 13.6. The first-order chi connectivity index (χ1) is 13.0. The first-order valence-electron chi connectivity index (χ1n) is 8.02. The minimum atomic E-state index is -1.11. The van der Waals surface area contributed by atoms with Gasteiger partial charge in [0, 0.05) is 12.3 Å². The molecular formula is C19H15ClFN3O3. The van der Waals surface area contributed by atoms with Crippen molar-refractivity contribution in [1.29, 1.82) is 0 Å². The van der Waals surface area contributed by atoms with Crippen molar-refractivity contribution in [3.63, 3.8) is 0 Å². The Bertz CT molecular complexity index is 1030. The van der Waals surface area contributed by atoms with Crippen LogP contribution < -0.4 is 5.32 Å². The summed E-state index contributed by atoms with van der Waals surface area (Å²) in [5.74, 6) is -1.96. The number of hydrogen-bond donors (Lipinski definition) is 1. The largest absolute Gasteiger partial charge is 0.449 e. The molecule has 6 nitrogen and oxygen atoms in total. The number of aromatic nitrogens is 2. The highest BCUT2D eigenvalue weighted by atomic mass is 35.5. The van der Waals surface area contributed by atoms with Gasteiger partial charge in [0.05, 0.1) is 11.4 Å². The number of fused-ring (bicyclic) bond motifs is 1. The number of ether oxygens (including phenoxy) is 1. The molecule has 0 saturated carbocycles. The Kier molecular flexibility index (Phi) is 5.52. The van der Waals surface area contributed by atoms with Gasteiger partial charge in [-0.2, -0.15) is 0 Å². The second-order valence-electron chi connectivity index (χ2n) is 5.60. The Morgan fingerprint density at radius 3 is 2.78 bits per heavy atom. The summed E-state index contributed by atoms with van der Waals surface area (Å²) in [6.45, 7) is 1.39. The van der Waals surface area contributed by atoms with Crippen molar-refractivity contribution in [3.8, 4) is 0 Å². The minimum absolute atomic E-state index is 0.0125. The molecule has 3 aromatic rings. The van der Waals surface area contributed by atoms with Crippen LogP contribution in [0.1, 0.15) is 12.6 Å². The number of halogens is 2. The highest BCUT2D eigenvalue weighted by molar-refractivity contribution is 6.31. The molecule has 0 fully saturated rings. The summed E-state index contributed by atoms with van der Waals surface area (Å²) in [6, 6.07) is 11.1. The maximum absolute atomic E-state index is 13.6. The SMILES string of the molecule is C[C@H](OC(=O)/C=C/c1c(Cl)nc2ccccn12)C(=O)Nc1ccccc1F. The zero-order valence-corrected chi connectivity index (χ0v) is 15.0. The Hall–Kier alpha value is -3.19. The molecule has 27 heavy (non-hydrogen) atoms. The lowest BCUT2D eigenvalue weighted by Crippen LogP contribution is -2.29. The number of carbonyl (C=O) groups is 2. The third-order valence-electron chi connectivity index (χ3n) is 3.69. The molecular weight excluding hydrogens is 373 g/mol. The van der Waals surface area contributed by atoms with Gasteiger partial charge in [-0.05, 0) is 37.3 Å². The van der Waals surface area contributed by atoms with E-state index in [0.29, 0.717) is 11.3 Å². The predicted molar refractivity (Wildman–Crippen MR) is 99.8 cm³/mol. The number of para-hydroxylation sites is 1. The highest BCUT2D eigenvalue weighted by Crippen LogP contribution is 2.19. The van der Waals surface area contributed by atoms with Gasteiger partial charge in [-0.3, -0.25) is 9.20 Å². The molecule has 0 spiro atoms. The van der Waals surface area contributed by atoms with E-state index in [4.69, 9.17) is 16.3 Å². The van der Waals surface area contributed by atoms with Crippen molar-refractivity contribution in [2.45, 2.75) is 13.0 Å². The molecule has 1 aromatic carbocycles. The second-order valence-corrected chi connectivity index (χ2v) is 5.96. The standard InChI is InChI=1S/C19H15ClFN3O3/c1-12(19(26)22-14-7-3-2-6-13(14)21)27-17(25)10-9-15-18(20)23-16-8-4-5-11-24(15)16/h2-12H,1H3,(H,22,26)/b10-9+/t12-/m0/s1. The van der Waals surface area contributed by atoms with Crippen molar-refractivity contribution >= 4 is 40.9 Å². The fraction of sp³-hybridized carbons (Fsp3) is 0.105. The van der Waals surface area contributed by atoms with Gasteiger partial charge < -0.3 is 10.1 Å². The van der Waals surface area contributed by atoms with Crippen molar-refractivity contribution in [1.82, 2.24) is 9.38 Å². The lowest BCUT2D eigenvalue weighted by molar-refractivity contribution is -0.148. The number of hydrogen-bond acceptors (Lipinski definition) is 4. The number of nitrogens with zero attached hydrogens (tertiary/aromatic N) is 2. The number of carbonyl (C=O) groups excluding carboxylic acids is 2. The molecule has 0 unspecified atom stereocenters. The fourth-order valence-electron chi connectivity index (χ4n) is 2.35. The van der Waals surface area contributed by atoms with E-state index in [9.17, 15) is 14.0 Å². The van der Waals surface area contributed by atoms with Crippen LogP contribution in [0.3, 0.4) is 0 Å². The molecule has 2 aromatic heterocycles. The van der Waals surface area contributed by atoms with Gasteiger partial charge in [0.15, 0.2) is 11.3 Å². The molecule has 138 valence electrons. The number of pyridine rings is 1. The van der Waals surface area contributed by atoms with E-state index in [0.717, 1.165) is 6.08 Å². The molecule has 2 heterocycles. The Morgan fingerprint density at radius 1 is 1.26 bits per heavy atom. The summed E-state index contributed by atoms with van der Waals surface area (Å²) in [7, 11) is 0. The summed E-state index contributed by atoms with van der Waals surface area (Å²) in [5.41, 5.74) is 1.15. The smallest absolute Gasteiger partial charge is 0.331 e. The van der Waals surface area contributed by atoms with Gasteiger partial charge in [-0.25, -0.2) is 14.2 Å². The van der Waals surface area contributed by atoms with Gasteiger partial charge in [0.25, 0.3) is 5.91 Å². The van der Waals surface area contributed by atoms with E-state index in [1.165, 1.54) is 31.2 Å². The summed E-state index contributed by atoms with van der Waals surface area (Å²) in [4.78, 5) is 28.2. The Balaban J connectivity index is 1.64. The number of benzene rings is 1. The number of esters is 1. The number of nitrogens with one attached hydrogen (secondary N) is 1. The van der Waals surface area contributed by atoms with Crippen LogP contribution in [0.2, 0.25) is 5.15 Å². The predicted octanol–water partition coefficient (Wildman–Crippen LogP) is 3.71. The summed E-state index contributed by atoms with van der Waals surface area (Å²) >= 11 is 6.08. The van der Waals surface area contributed by atoms with Gasteiger partial charge in [-0.15, -0.1) is 0 Å². The molecule has 0 radical (unpaired) electrons. The van der Waals surface area contributed by atoms with Crippen LogP contribution in [0.5, 0.6) is 0 Å². The molecule has 0 aliphatic rings.